The summed E-state index contributed by atoms with van der Waals surface area (Å²) in [4.78, 5) is 11.4. The summed E-state index contributed by atoms with van der Waals surface area (Å²) in [6.45, 7) is 3.64. The fourth-order valence-electron chi connectivity index (χ4n) is 2.63. The third kappa shape index (κ3) is 17.7. The normalized spacial score (nSPS) is 13.9. The van der Waals surface area contributed by atoms with Crippen molar-refractivity contribution in [3.8, 4) is 0 Å². The van der Waals surface area contributed by atoms with E-state index in [1.807, 2.05) is 0 Å². The molecule has 0 aliphatic heterocycles. The van der Waals surface area contributed by atoms with Crippen LogP contribution in [0.3, 0.4) is 0 Å². The summed E-state index contributed by atoms with van der Waals surface area (Å²) in [5.74, 6) is -0.439. The number of allylic oxidation sites excluding steroid dienone is 2. The molecular weight excluding hydrogens is 316 g/mol. The van der Waals surface area contributed by atoms with Crippen molar-refractivity contribution in [3.63, 3.8) is 0 Å². The summed E-state index contributed by atoms with van der Waals surface area (Å²) in [6, 6.07) is 0. The van der Waals surface area contributed by atoms with Crippen LogP contribution >= 0.6 is 0 Å². The first kappa shape index (κ1) is 24.1. The van der Waals surface area contributed by atoms with E-state index >= 15 is 0 Å². The highest BCUT2D eigenvalue weighted by atomic mass is 16.6. The van der Waals surface area contributed by atoms with Crippen molar-refractivity contribution in [3.05, 3.63) is 12.2 Å². The lowest BCUT2D eigenvalue weighted by molar-refractivity contribution is -0.184. The first-order valence-corrected chi connectivity index (χ1v) is 10.3. The van der Waals surface area contributed by atoms with E-state index in [2.05, 4.69) is 23.8 Å². The molecule has 2 unspecified atom stereocenters. The number of ether oxygens (including phenoxy) is 1. The Labute approximate surface area is 154 Å². The van der Waals surface area contributed by atoms with E-state index in [4.69, 9.17) is 5.11 Å². The van der Waals surface area contributed by atoms with Crippen molar-refractivity contribution >= 4 is 5.97 Å². The molecule has 0 spiro atoms. The van der Waals surface area contributed by atoms with Crippen molar-refractivity contribution in [2.45, 2.75) is 116 Å². The molecule has 0 amide bonds. The number of hydrogen-bond acceptors (Lipinski definition) is 4. The van der Waals surface area contributed by atoms with Gasteiger partial charge in [0, 0.05) is 6.42 Å². The van der Waals surface area contributed by atoms with Crippen molar-refractivity contribution in [1.29, 1.82) is 0 Å². The van der Waals surface area contributed by atoms with Gasteiger partial charge in [0.05, 0.1) is 0 Å². The predicted molar refractivity (Wildman–Crippen MR) is 103 cm³/mol. The third-order valence-corrected chi connectivity index (χ3v) is 4.31. The molecule has 0 rings (SSSR count). The summed E-state index contributed by atoms with van der Waals surface area (Å²) in [7, 11) is 0. The summed E-state index contributed by atoms with van der Waals surface area (Å²) < 4.78 is 4.69. The van der Waals surface area contributed by atoms with E-state index in [1.165, 1.54) is 64.7 Å². The van der Waals surface area contributed by atoms with Crippen molar-refractivity contribution in [2.75, 3.05) is 0 Å². The van der Waals surface area contributed by atoms with Gasteiger partial charge in [0.2, 0.25) is 6.29 Å². The maximum atomic E-state index is 11.4. The van der Waals surface area contributed by atoms with Crippen molar-refractivity contribution < 1.29 is 19.7 Å². The number of aliphatic hydroxyl groups excluding tert-OH is 2. The largest absolute Gasteiger partial charge is 0.433 e. The Morgan fingerprint density at radius 3 is 1.84 bits per heavy atom. The van der Waals surface area contributed by atoms with Crippen LogP contribution in [0.1, 0.15) is 104 Å². The molecule has 0 aliphatic carbocycles. The van der Waals surface area contributed by atoms with Gasteiger partial charge in [0.15, 0.2) is 0 Å². The SMILES string of the molecule is CCCCCCCCC=CCCCCCCCC(=O)OC(O)C(C)O. The van der Waals surface area contributed by atoms with E-state index in [1.54, 1.807) is 0 Å². The second-order valence-corrected chi connectivity index (χ2v) is 6.96. The number of carbonyl (C=O) groups is 1. The molecule has 0 heterocycles. The molecule has 0 aliphatic rings. The number of carbonyl (C=O) groups excluding carboxylic acids is 1. The molecular formula is C21H40O4. The van der Waals surface area contributed by atoms with Crippen LogP contribution < -0.4 is 0 Å². The molecule has 25 heavy (non-hydrogen) atoms. The standard InChI is InChI=1S/C21H40O4/c1-3-4-5-6-7-8-9-10-11-12-13-14-15-16-17-18-20(23)25-21(24)19(2)22/h10-11,19,21-22,24H,3-9,12-18H2,1-2H3. The van der Waals surface area contributed by atoms with Crippen LogP contribution in [0, 0.1) is 0 Å². The molecule has 4 heteroatoms. The molecule has 0 aromatic rings. The predicted octanol–water partition coefficient (Wildman–Crippen LogP) is 5.27. The van der Waals surface area contributed by atoms with Crippen LogP contribution in [-0.4, -0.2) is 28.6 Å². The summed E-state index contributed by atoms with van der Waals surface area (Å²) in [6.07, 6.45) is 18.3. The number of hydrogen-bond donors (Lipinski definition) is 2. The van der Waals surface area contributed by atoms with E-state index in [0.29, 0.717) is 6.42 Å². The Hall–Kier alpha value is -0.870. The van der Waals surface area contributed by atoms with Crippen LogP contribution in [0.15, 0.2) is 12.2 Å². The first-order chi connectivity index (χ1) is 12.1. The summed E-state index contributed by atoms with van der Waals surface area (Å²) in [5, 5.41) is 18.3. The minimum atomic E-state index is -1.41. The smallest absolute Gasteiger partial charge is 0.308 e. The maximum absolute atomic E-state index is 11.4. The second kappa shape index (κ2) is 17.9. The summed E-state index contributed by atoms with van der Waals surface area (Å²) >= 11 is 0. The Morgan fingerprint density at radius 1 is 0.840 bits per heavy atom. The van der Waals surface area contributed by atoms with Crippen LogP contribution in [0.25, 0.3) is 0 Å². The Balaban J connectivity index is 3.28. The van der Waals surface area contributed by atoms with Crippen molar-refractivity contribution in [1.82, 2.24) is 0 Å². The Kier molecular flexibility index (Phi) is 17.3. The van der Waals surface area contributed by atoms with Gasteiger partial charge >= 0.3 is 5.97 Å². The number of rotatable bonds is 17. The first-order valence-electron chi connectivity index (χ1n) is 10.3. The van der Waals surface area contributed by atoms with E-state index in [0.717, 1.165) is 25.7 Å². The van der Waals surface area contributed by atoms with Gasteiger partial charge in [-0.2, -0.15) is 0 Å². The number of unbranched alkanes of at least 4 members (excludes halogenated alkanes) is 11. The fourth-order valence-corrected chi connectivity index (χ4v) is 2.63. The average Bonchev–Trinajstić information content (AvgIpc) is 2.58. The van der Waals surface area contributed by atoms with Gasteiger partial charge in [-0.05, 0) is 39.0 Å². The third-order valence-electron chi connectivity index (χ3n) is 4.31. The van der Waals surface area contributed by atoms with Crippen LogP contribution in [-0.2, 0) is 9.53 Å². The van der Waals surface area contributed by atoms with Gasteiger partial charge in [0.25, 0.3) is 0 Å². The highest BCUT2D eigenvalue weighted by molar-refractivity contribution is 5.69. The van der Waals surface area contributed by atoms with Gasteiger partial charge < -0.3 is 14.9 Å². The molecule has 0 radical (unpaired) electrons. The minimum absolute atomic E-state index is 0.307. The van der Waals surface area contributed by atoms with Gasteiger partial charge in [-0.25, -0.2) is 0 Å². The quantitative estimate of drug-likeness (QED) is 0.161. The minimum Gasteiger partial charge on any atom is -0.433 e. The van der Waals surface area contributed by atoms with Crippen LogP contribution in [0.4, 0.5) is 0 Å². The summed E-state index contributed by atoms with van der Waals surface area (Å²) in [5.41, 5.74) is 0. The lowest BCUT2D eigenvalue weighted by Crippen LogP contribution is -2.28. The van der Waals surface area contributed by atoms with Gasteiger partial charge in [-0.3, -0.25) is 4.79 Å². The molecule has 0 saturated carbocycles. The Morgan fingerprint density at radius 2 is 1.32 bits per heavy atom. The van der Waals surface area contributed by atoms with Crippen LogP contribution in [0.5, 0.6) is 0 Å². The monoisotopic (exact) mass is 356 g/mol. The molecule has 0 bridgehead atoms. The highest BCUT2D eigenvalue weighted by Crippen LogP contribution is 2.10. The van der Waals surface area contributed by atoms with Gasteiger partial charge in [-0.1, -0.05) is 70.4 Å². The van der Waals surface area contributed by atoms with Crippen molar-refractivity contribution in [2.24, 2.45) is 0 Å². The number of esters is 1. The van der Waals surface area contributed by atoms with E-state index in [9.17, 15) is 9.90 Å². The lowest BCUT2D eigenvalue weighted by Gasteiger charge is -2.14. The average molecular weight is 357 g/mol. The Bertz CT molecular complexity index is 326. The lowest BCUT2D eigenvalue weighted by atomic mass is 10.1. The molecule has 2 N–H and O–H groups in total. The fraction of sp³-hybridized carbons (Fsp3) is 0.857. The second-order valence-electron chi connectivity index (χ2n) is 6.96. The molecule has 148 valence electrons. The molecule has 4 nitrogen and oxygen atoms in total. The van der Waals surface area contributed by atoms with E-state index in [-0.39, 0.29) is 0 Å². The highest BCUT2D eigenvalue weighted by Gasteiger charge is 2.15. The van der Waals surface area contributed by atoms with Crippen LogP contribution in [0.2, 0.25) is 0 Å². The zero-order chi connectivity index (χ0) is 18.8. The maximum Gasteiger partial charge on any atom is 0.308 e. The molecule has 0 fully saturated rings. The molecule has 0 aromatic heterocycles. The number of aliphatic hydroxyl groups is 2. The zero-order valence-electron chi connectivity index (χ0n) is 16.4. The van der Waals surface area contributed by atoms with Gasteiger partial charge in [0.1, 0.15) is 6.10 Å². The van der Waals surface area contributed by atoms with Gasteiger partial charge in [-0.15, -0.1) is 0 Å². The molecule has 0 aromatic carbocycles. The van der Waals surface area contributed by atoms with E-state index < -0.39 is 18.4 Å². The zero-order valence-corrected chi connectivity index (χ0v) is 16.4. The molecule has 0 saturated heterocycles. The topological polar surface area (TPSA) is 66.8 Å². The molecule has 2 atom stereocenters.